The number of nitro groups is 1. The Kier molecular flexibility index (Phi) is 6.94. The average molecular weight is 485 g/mol. The van der Waals surface area contributed by atoms with E-state index in [9.17, 15) is 19.7 Å². The first-order valence-corrected chi connectivity index (χ1v) is 12.5. The molecule has 2 heterocycles. The van der Waals surface area contributed by atoms with Crippen molar-refractivity contribution in [3.8, 4) is 0 Å². The number of aryl methyl sites for hydroxylation is 2. The first kappa shape index (κ1) is 23.2. The largest absolute Gasteiger partial charge is 0.325 e. The lowest BCUT2D eigenvalue weighted by Crippen LogP contribution is -2.26. The van der Waals surface area contributed by atoms with Gasteiger partial charge in [0.25, 0.3) is 11.2 Å². The third-order valence-corrected chi connectivity index (χ3v) is 7.85. The molecule has 1 aliphatic carbocycles. The van der Waals surface area contributed by atoms with Crippen molar-refractivity contribution in [3.63, 3.8) is 0 Å². The lowest BCUT2D eigenvalue weighted by molar-refractivity contribution is -0.384. The number of allylic oxidation sites excluding steroid dienone is 1. The van der Waals surface area contributed by atoms with Gasteiger partial charge in [-0.05, 0) is 44.2 Å². The van der Waals surface area contributed by atoms with Crippen molar-refractivity contribution >= 4 is 50.6 Å². The van der Waals surface area contributed by atoms with Gasteiger partial charge in [0.05, 0.1) is 15.6 Å². The molecule has 0 saturated heterocycles. The Hall–Kier alpha value is -2.98. The normalized spacial score (nSPS) is 14.3. The number of thiophene rings is 1. The number of nitrogens with one attached hydrogen (secondary N) is 1. The van der Waals surface area contributed by atoms with Gasteiger partial charge >= 0.3 is 0 Å². The SMILES string of the molecule is C=CCn1c(SC(C)C(=O)Nc2cccc([N+](=O)[O-])c2)nc2sc3c(c2c1=O)CCCCC3. The summed E-state index contributed by atoms with van der Waals surface area (Å²) in [4.78, 5) is 43.4. The summed E-state index contributed by atoms with van der Waals surface area (Å²) in [6.45, 7) is 5.79. The molecule has 4 rings (SSSR count). The van der Waals surface area contributed by atoms with Crippen molar-refractivity contribution < 1.29 is 9.72 Å². The lowest BCUT2D eigenvalue weighted by Gasteiger charge is -2.15. The quantitative estimate of drug-likeness (QED) is 0.127. The number of carbonyl (C=O) groups is 1. The van der Waals surface area contributed by atoms with Crippen LogP contribution in [0.15, 0.2) is 46.9 Å². The highest BCUT2D eigenvalue weighted by molar-refractivity contribution is 8.00. The smallest absolute Gasteiger partial charge is 0.271 e. The Bertz CT molecular complexity index is 1300. The summed E-state index contributed by atoms with van der Waals surface area (Å²) in [5, 5.41) is 14.3. The fraction of sp³-hybridized carbons (Fsp3) is 0.348. The Labute approximate surface area is 198 Å². The number of aromatic nitrogens is 2. The number of carbonyl (C=O) groups excluding carboxylic acids is 1. The molecule has 0 spiro atoms. The van der Waals surface area contributed by atoms with Crippen LogP contribution in [0.1, 0.15) is 36.6 Å². The van der Waals surface area contributed by atoms with Crippen molar-refractivity contribution in [2.24, 2.45) is 0 Å². The number of non-ortho nitro benzene ring substituents is 1. The Morgan fingerprint density at radius 1 is 1.39 bits per heavy atom. The minimum atomic E-state index is -0.581. The lowest BCUT2D eigenvalue weighted by atomic mass is 10.1. The number of benzene rings is 1. The average Bonchev–Trinajstić information content (AvgIpc) is 2.97. The second-order valence-electron chi connectivity index (χ2n) is 7.90. The summed E-state index contributed by atoms with van der Waals surface area (Å²) in [6.07, 6.45) is 6.89. The fourth-order valence-corrected chi connectivity index (χ4v) is 6.15. The summed E-state index contributed by atoms with van der Waals surface area (Å²) >= 11 is 2.77. The van der Waals surface area contributed by atoms with Crippen LogP contribution in [-0.4, -0.2) is 25.6 Å². The van der Waals surface area contributed by atoms with Crippen LogP contribution >= 0.6 is 23.1 Å². The monoisotopic (exact) mass is 484 g/mol. The van der Waals surface area contributed by atoms with E-state index in [1.165, 1.54) is 41.3 Å². The van der Waals surface area contributed by atoms with Gasteiger partial charge in [-0.15, -0.1) is 17.9 Å². The molecule has 1 unspecified atom stereocenters. The molecule has 3 aromatic rings. The van der Waals surface area contributed by atoms with E-state index in [2.05, 4.69) is 11.9 Å². The highest BCUT2D eigenvalue weighted by Crippen LogP contribution is 2.34. The molecule has 1 amide bonds. The zero-order valence-corrected chi connectivity index (χ0v) is 19.8. The van der Waals surface area contributed by atoms with Gasteiger partial charge in [0.2, 0.25) is 5.91 Å². The number of nitrogens with zero attached hydrogens (tertiary/aromatic N) is 3. The van der Waals surface area contributed by atoms with Crippen LogP contribution in [0.4, 0.5) is 11.4 Å². The van der Waals surface area contributed by atoms with E-state index in [1.807, 2.05) is 0 Å². The summed E-state index contributed by atoms with van der Waals surface area (Å²) in [5.41, 5.74) is 1.29. The molecule has 1 atom stereocenters. The number of rotatable bonds is 7. The number of hydrogen-bond acceptors (Lipinski definition) is 7. The van der Waals surface area contributed by atoms with Gasteiger partial charge in [-0.25, -0.2) is 4.98 Å². The molecule has 33 heavy (non-hydrogen) atoms. The van der Waals surface area contributed by atoms with Gasteiger partial charge in [-0.3, -0.25) is 24.3 Å². The van der Waals surface area contributed by atoms with Crippen LogP contribution in [0.25, 0.3) is 10.2 Å². The highest BCUT2D eigenvalue weighted by atomic mass is 32.2. The Balaban J connectivity index is 1.63. The molecule has 1 N–H and O–H groups in total. The number of fused-ring (bicyclic) bond motifs is 3. The molecule has 172 valence electrons. The predicted molar refractivity (Wildman–Crippen MR) is 132 cm³/mol. The van der Waals surface area contributed by atoms with Crippen LogP contribution in [0, 0.1) is 10.1 Å². The number of hydrogen-bond donors (Lipinski definition) is 1. The maximum absolute atomic E-state index is 13.4. The standard InChI is InChI=1S/C23H24N4O4S2/c1-3-12-26-22(29)19-17-10-5-4-6-11-18(17)33-21(19)25-23(26)32-14(2)20(28)24-15-8-7-9-16(13-15)27(30)31/h3,7-9,13-14H,1,4-6,10-12H2,2H3,(H,24,28). The van der Waals surface area contributed by atoms with Gasteiger partial charge in [-0.2, -0.15) is 0 Å². The van der Waals surface area contributed by atoms with Crippen LogP contribution in [0.3, 0.4) is 0 Å². The van der Waals surface area contributed by atoms with E-state index in [0.717, 1.165) is 36.1 Å². The minimum Gasteiger partial charge on any atom is -0.325 e. The van der Waals surface area contributed by atoms with E-state index in [1.54, 1.807) is 35.0 Å². The molecule has 0 bridgehead atoms. The number of anilines is 1. The summed E-state index contributed by atoms with van der Waals surface area (Å²) in [7, 11) is 0. The maximum Gasteiger partial charge on any atom is 0.271 e. The van der Waals surface area contributed by atoms with Crippen LogP contribution in [0.5, 0.6) is 0 Å². The van der Waals surface area contributed by atoms with Crippen molar-refractivity contribution in [2.45, 2.75) is 56.0 Å². The molecule has 0 radical (unpaired) electrons. The molecule has 10 heteroatoms. The molecule has 0 fully saturated rings. The first-order chi connectivity index (χ1) is 15.9. The third-order valence-electron chi connectivity index (χ3n) is 5.58. The summed E-state index contributed by atoms with van der Waals surface area (Å²) in [5.74, 6) is -0.332. The van der Waals surface area contributed by atoms with Gasteiger partial charge in [0, 0.05) is 29.2 Å². The van der Waals surface area contributed by atoms with Crippen LogP contribution in [0.2, 0.25) is 0 Å². The zero-order valence-electron chi connectivity index (χ0n) is 18.2. The van der Waals surface area contributed by atoms with Crippen molar-refractivity contribution in [1.82, 2.24) is 9.55 Å². The molecular formula is C23H24N4O4S2. The molecule has 8 nitrogen and oxygen atoms in total. The number of thioether (sulfide) groups is 1. The molecule has 0 aliphatic heterocycles. The Morgan fingerprint density at radius 3 is 2.94 bits per heavy atom. The predicted octanol–water partition coefficient (Wildman–Crippen LogP) is 4.94. The van der Waals surface area contributed by atoms with Crippen LogP contribution in [-0.2, 0) is 24.2 Å². The second-order valence-corrected chi connectivity index (χ2v) is 10.3. The van der Waals surface area contributed by atoms with Crippen molar-refractivity contribution in [1.29, 1.82) is 0 Å². The van der Waals surface area contributed by atoms with Gasteiger partial charge in [0.1, 0.15) is 4.83 Å². The summed E-state index contributed by atoms with van der Waals surface area (Å²) < 4.78 is 1.58. The topological polar surface area (TPSA) is 107 Å². The second kappa shape index (κ2) is 9.88. The van der Waals surface area contributed by atoms with Crippen molar-refractivity contribution in [2.75, 3.05) is 5.32 Å². The third kappa shape index (κ3) is 4.86. The van der Waals surface area contributed by atoms with E-state index >= 15 is 0 Å². The highest BCUT2D eigenvalue weighted by Gasteiger charge is 2.24. The van der Waals surface area contributed by atoms with E-state index < -0.39 is 10.2 Å². The van der Waals surface area contributed by atoms with Gasteiger partial charge in [0.15, 0.2) is 5.16 Å². The molecule has 0 saturated carbocycles. The zero-order chi connectivity index (χ0) is 23.5. The van der Waals surface area contributed by atoms with Gasteiger partial charge < -0.3 is 5.32 Å². The van der Waals surface area contributed by atoms with Gasteiger partial charge in [-0.1, -0.05) is 30.3 Å². The van der Waals surface area contributed by atoms with Crippen molar-refractivity contribution in [3.05, 3.63) is 67.8 Å². The maximum atomic E-state index is 13.4. The summed E-state index contributed by atoms with van der Waals surface area (Å²) in [6, 6.07) is 5.79. The Morgan fingerprint density at radius 2 is 2.18 bits per heavy atom. The van der Waals surface area contributed by atoms with E-state index in [4.69, 9.17) is 4.98 Å². The molecule has 1 aliphatic rings. The first-order valence-electron chi connectivity index (χ1n) is 10.8. The number of nitro benzene ring substituents is 1. The molecule has 1 aromatic carbocycles. The van der Waals surface area contributed by atoms with E-state index in [0.29, 0.717) is 22.8 Å². The number of amides is 1. The molecule has 2 aromatic heterocycles. The minimum absolute atomic E-state index is 0.0897. The van der Waals surface area contributed by atoms with Crippen LogP contribution < -0.4 is 10.9 Å². The van der Waals surface area contributed by atoms with E-state index in [-0.39, 0.29) is 17.2 Å². The fourth-order valence-electron chi connectivity index (χ4n) is 3.93. The molecular weight excluding hydrogens is 460 g/mol.